The molecular formula is C16H14FNO3. The third-order valence-electron chi connectivity index (χ3n) is 3.09. The fraction of sp³-hybridized carbons (Fsp3) is 0.125. The van der Waals surface area contributed by atoms with Crippen LogP contribution in [0.2, 0.25) is 0 Å². The average molecular weight is 287 g/mol. The van der Waals surface area contributed by atoms with Gasteiger partial charge in [-0.3, -0.25) is 9.69 Å². The van der Waals surface area contributed by atoms with E-state index >= 15 is 0 Å². The molecule has 2 aromatic rings. The van der Waals surface area contributed by atoms with Crippen molar-refractivity contribution >= 4 is 17.6 Å². The Balaban J connectivity index is 2.44. The van der Waals surface area contributed by atoms with Crippen molar-refractivity contribution in [2.75, 3.05) is 4.90 Å². The van der Waals surface area contributed by atoms with E-state index in [-0.39, 0.29) is 0 Å². The first-order valence-corrected chi connectivity index (χ1v) is 6.37. The highest BCUT2D eigenvalue weighted by Crippen LogP contribution is 2.21. The van der Waals surface area contributed by atoms with Gasteiger partial charge in [-0.15, -0.1) is 0 Å². The van der Waals surface area contributed by atoms with Crippen LogP contribution in [0.15, 0.2) is 54.6 Å². The average Bonchev–Trinajstić information content (AvgIpc) is 2.50. The van der Waals surface area contributed by atoms with Gasteiger partial charge in [0.15, 0.2) is 0 Å². The molecule has 2 aromatic carbocycles. The third kappa shape index (κ3) is 3.25. The van der Waals surface area contributed by atoms with Crippen LogP contribution in [0.3, 0.4) is 0 Å². The molecule has 1 atom stereocenters. The van der Waals surface area contributed by atoms with Gasteiger partial charge in [-0.1, -0.05) is 18.2 Å². The number of halogens is 1. The predicted molar refractivity (Wildman–Crippen MR) is 76.7 cm³/mol. The minimum Gasteiger partial charge on any atom is -0.480 e. The molecule has 0 fully saturated rings. The second-order valence-corrected chi connectivity index (χ2v) is 4.53. The summed E-state index contributed by atoms with van der Waals surface area (Å²) in [6.07, 6.45) is 0. The predicted octanol–water partition coefficient (Wildman–Crippen LogP) is 2.95. The van der Waals surface area contributed by atoms with Crippen molar-refractivity contribution in [3.63, 3.8) is 0 Å². The van der Waals surface area contributed by atoms with Crippen molar-refractivity contribution in [2.45, 2.75) is 13.0 Å². The fourth-order valence-electron chi connectivity index (χ4n) is 1.95. The molecule has 21 heavy (non-hydrogen) atoms. The van der Waals surface area contributed by atoms with Gasteiger partial charge in [-0.05, 0) is 43.3 Å². The molecule has 0 saturated carbocycles. The molecule has 5 heteroatoms. The smallest absolute Gasteiger partial charge is 0.326 e. The molecule has 108 valence electrons. The number of benzene rings is 2. The summed E-state index contributed by atoms with van der Waals surface area (Å²) in [5.74, 6) is -2.03. The van der Waals surface area contributed by atoms with Gasteiger partial charge in [0.1, 0.15) is 11.9 Å². The highest BCUT2D eigenvalue weighted by Gasteiger charge is 2.27. The SMILES string of the molecule is C[C@H](C(=O)O)N(C(=O)c1ccccc1)c1ccc(F)cc1. The molecular weight excluding hydrogens is 273 g/mol. The van der Waals surface area contributed by atoms with E-state index in [1.165, 1.54) is 31.2 Å². The first-order valence-electron chi connectivity index (χ1n) is 6.37. The lowest BCUT2D eigenvalue weighted by Crippen LogP contribution is -2.43. The van der Waals surface area contributed by atoms with Gasteiger partial charge < -0.3 is 5.11 Å². The van der Waals surface area contributed by atoms with Gasteiger partial charge >= 0.3 is 5.97 Å². The lowest BCUT2D eigenvalue weighted by atomic mass is 10.1. The van der Waals surface area contributed by atoms with Gasteiger partial charge in [0.05, 0.1) is 0 Å². The summed E-state index contributed by atoms with van der Waals surface area (Å²) in [7, 11) is 0. The number of carboxylic acid groups (broad SMARTS) is 1. The molecule has 2 rings (SSSR count). The minimum atomic E-state index is -1.14. The van der Waals surface area contributed by atoms with Crippen LogP contribution in [0.4, 0.5) is 10.1 Å². The number of hydrogen-bond acceptors (Lipinski definition) is 2. The van der Waals surface area contributed by atoms with Crippen molar-refractivity contribution in [3.05, 3.63) is 66.0 Å². The van der Waals surface area contributed by atoms with Gasteiger partial charge in [-0.2, -0.15) is 0 Å². The minimum absolute atomic E-state index is 0.333. The highest BCUT2D eigenvalue weighted by atomic mass is 19.1. The van der Waals surface area contributed by atoms with E-state index in [1.807, 2.05) is 0 Å². The summed E-state index contributed by atoms with van der Waals surface area (Å²) in [6.45, 7) is 1.41. The van der Waals surface area contributed by atoms with E-state index in [9.17, 15) is 19.1 Å². The number of nitrogens with zero attached hydrogens (tertiary/aromatic N) is 1. The monoisotopic (exact) mass is 287 g/mol. The van der Waals surface area contributed by atoms with Gasteiger partial charge in [0, 0.05) is 11.3 Å². The summed E-state index contributed by atoms with van der Waals surface area (Å²) in [4.78, 5) is 24.9. The van der Waals surface area contributed by atoms with Crippen LogP contribution >= 0.6 is 0 Å². The summed E-state index contributed by atoms with van der Waals surface area (Å²) >= 11 is 0. The number of carboxylic acids is 1. The van der Waals surface area contributed by atoms with E-state index in [1.54, 1.807) is 30.3 Å². The Kier molecular flexibility index (Phi) is 4.33. The number of hydrogen-bond donors (Lipinski definition) is 1. The third-order valence-corrected chi connectivity index (χ3v) is 3.09. The van der Waals surface area contributed by atoms with E-state index in [4.69, 9.17) is 0 Å². The van der Waals surface area contributed by atoms with Crippen molar-refractivity contribution in [2.24, 2.45) is 0 Å². The lowest BCUT2D eigenvalue weighted by Gasteiger charge is -2.26. The molecule has 0 heterocycles. The molecule has 0 radical (unpaired) electrons. The number of amides is 1. The molecule has 0 unspecified atom stereocenters. The number of anilines is 1. The van der Waals surface area contributed by atoms with Crippen LogP contribution < -0.4 is 4.90 Å². The van der Waals surface area contributed by atoms with Crippen LogP contribution in [0, 0.1) is 5.82 Å². The van der Waals surface area contributed by atoms with Gasteiger partial charge in [0.25, 0.3) is 5.91 Å². The van der Waals surface area contributed by atoms with E-state index in [2.05, 4.69) is 0 Å². The van der Waals surface area contributed by atoms with Crippen molar-refractivity contribution < 1.29 is 19.1 Å². The Morgan fingerprint density at radius 1 is 1.05 bits per heavy atom. The number of carbonyl (C=O) groups excluding carboxylic acids is 1. The van der Waals surface area contributed by atoms with Crippen molar-refractivity contribution in [3.8, 4) is 0 Å². The standard InChI is InChI=1S/C16H14FNO3/c1-11(16(20)21)18(14-9-7-13(17)8-10-14)15(19)12-5-3-2-4-6-12/h2-11H,1H3,(H,20,21)/t11-/m1/s1. The largest absolute Gasteiger partial charge is 0.480 e. The van der Waals surface area contributed by atoms with Crippen molar-refractivity contribution in [1.29, 1.82) is 0 Å². The highest BCUT2D eigenvalue weighted by molar-refractivity contribution is 6.09. The van der Waals surface area contributed by atoms with Crippen LogP contribution in [0.25, 0.3) is 0 Å². The van der Waals surface area contributed by atoms with Gasteiger partial charge in [-0.25, -0.2) is 9.18 Å². The Hall–Kier alpha value is -2.69. The maximum Gasteiger partial charge on any atom is 0.326 e. The van der Waals surface area contributed by atoms with Crippen molar-refractivity contribution in [1.82, 2.24) is 0 Å². The fourth-order valence-corrected chi connectivity index (χ4v) is 1.95. The molecule has 0 aliphatic carbocycles. The molecule has 1 amide bonds. The number of carbonyl (C=O) groups is 2. The quantitative estimate of drug-likeness (QED) is 0.940. The first kappa shape index (κ1) is 14.7. The first-order chi connectivity index (χ1) is 10.0. The van der Waals surface area contributed by atoms with Crippen LogP contribution in [0.5, 0.6) is 0 Å². The summed E-state index contributed by atoms with van der Waals surface area (Å²) < 4.78 is 13.0. The molecule has 0 saturated heterocycles. The zero-order valence-corrected chi connectivity index (χ0v) is 11.4. The summed E-state index contributed by atoms with van der Waals surface area (Å²) in [5.41, 5.74) is 0.704. The molecule has 0 bridgehead atoms. The summed E-state index contributed by atoms with van der Waals surface area (Å²) in [6, 6.07) is 12.4. The Bertz CT molecular complexity index is 640. The van der Waals surface area contributed by atoms with Crippen LogP contribution in [-0.4, -0.2) is 23.0 Å². The topological polar surface area (TPSA) is 57.6 Å². The van der Waals surface area contributed by atoms with E-state index in [0.29, 0.717) is 11.3 Å². The van der Waals surface area contributed by atoms with E-state index in [0.717, 1.165) is 4.90 Å². The molecule has 4 nitrogen and oxygen atoms in total. The number of rotatable bonds is 4. The Morgan fingerprint density at radius 3 is 2.14 bits per heavy atom. The zero-order valence-electron chi connectivity index (χ0n) is 11.4. The van der Waals surface area contributed by atoms with Crippen LogP contribution in [0.1, 0.15) is 17.3 Å². The van der Waals surface area contributed by atoms with Gasteiger partial charge in [0.2, 0.25) is 0 Å². The lowest BCUT2D eigenvalue weighted by molar-refractivity contribution is -0.138. The Labute approximate surface area is 121 Å². The molecule has 1 N–H and O–H groups in total. The van der Waals surface area contributed by atoms with Crippen LogP contribution in [-0.2, 0) is 4.79 Å². The summed E-state index contributed by atoms with van der Waals surface area (Å²) in [5, 5.41) is 9.20. The second-order valence-electron chi connectivity index (χ2n) is 4.53. The molecule has 0 aliphatic rings. The molecule has 0 spiro atoms. The zero-order chi connectivity index (χ0) is 15.4. The maximum atomic E-state index is 13.0. The van der Waals surface area contributed by atoms with E-state index < -0.39 is 23.7 Å². The maximum absolute atomic E-state index is 13.0. The number of aliphatic carboxylic acids is 1. The Morgan fingerprint density at radius 2 is 1.62 bits per heavy atom. The second kappa shape index (κ2) is 6.17. The molecule has 0 aromatic heterocycles. The molecule has 0 aliphatic heterocycles. The normalized spacial score (nSPS) is 11.7.